The number of hydrogen-bond donors (Lipinski definition) is 4. The normalized spacial score (nSPS) is 5.12. The summed E-state index contributed by atoms with van der Waals surface area (Å²) in [4.78, 5) is 0. The Labute approximate surface area is 84.3 Å². The van der Waals surface area contributed by atoms with Crippen LogP contribution in [0.15, 0.2) is 0 Å². The zero-order chi connectivity index (χ0) is 5.58. The molecule has 0 aromatic heterocycles. The van der Waals surface area contributed by atoms with Gasteiger partial charge < -0.3 is 1.43 Å². The maximum atomic E-state index is 8.67. The van der Waals surface area contributed by atoms with Gasteiger partial charge in [-0.3, -0.25) is 19.6 Å². The molecular weight excluding hydrogens is 191 g/mol. The molecule has 0 aliphatic rings. The Balaban J connectivity index is -0.00000000625. The van der Waals surface area contributed by atoms with E-state index in [-0.39, 0.29) is 49.5 Å². The van der Waals surface area contributed by atoms with Crippen molar-refractivity contribution < 1.29 is 73.3 Å². The third-order valence-corrected chi connectivity index (χ3v) is 0. The molecule has 5 nitrogen and oxygen atoms in total. The van der Waals surface area contributed by atoms with Crippen molar-refractivity contribution in [2.75, 3.05) is 0 Å². The average Bonchev–Trinajstić information content (AvgIpc) is 1.41. The van der Waals surface area contributed by atoms with Crippen molar-refractivity contribution in [1.82, 2.24) is 0 Å². The van der Waals surface area contributed by atoms with E-state index in [2.05, 4.69) is 0 Å². The summed E-state index contributed by atoms with van der Waals surface area (Å²) < 4.78 is 22.8. The summed E-state index contributed by atoms with van der Waals surface area (Å²) in [5.41, 5.74) is 0. The molecule has 8 heavy (non-hydrogen) atoms. The molecule has 0 rings (SSSR count). The Morgan fingerprint density at radius 3 is 1.38 bits per heavy atom. The molecule has 0 heterocycles. The van der Waals surface area contributed by atoms with Crippen LogP contribution in [-0.2, 0) is 28.4 Å². The molecule has 0 spiro atoms. The molecule has 1 radical (unpaired) electrons. The van der Waals surface area contributed by atoms with Crippen LogP contribution in [0.3, 0.4) is 0 Å². The first-order valence-corrected chi connectivity index (χ1v) is 1.80. The molecule has 0 aromatic rings. The first-order valence-electron chi connectivity index (χ1n) is 0.732. The van der Waals surface area contributed by atoms with E-state index in [4.69, 9.17) is 23.8 Å². The van der Waals surface area contributed by atoms with Crippen LogP contribution < -0.4 is 29.6 Å². The second-order valence-electron chi connectivity index (χ2n) is 0.231. The molecule has 0 aromatic carbocycles. The first-order chi connectivity index (χ1) is 2.73. The second kappa shape index (κ2) is 23.6. The summed E-state index contributed by atoms with van der Waals surface area (Å²) in [6, 6.07) is 0. The van der Waals surface area contributed by atoms with Crippen LogP contribution in [0.1, 0.15) is 2.85 Å². The monoisotopic (exact) mass is 197 g/mol. The van der Waals surface area contributed by atoms with Gasteiger partial charge in [0.25, 0.3) is 11.4 Å². The summed E-state index contributed by atoms with van der Waals surface area (Å²) in [7, 11) is 0. The predicted molar refractivity (Wildman–Crippen MR) is 20.9 cm³/mol. The maximum absolute atomic E-state index is 8.67. The van der Waals surface area contributed by atoms with E-state index in [0.717, 1.165) is 0 Å². The molecular formula is H6FeNaO5S+4. The Kier molecular flexibility index (Phi) is 66.9. The van der Waals surface area contributed by atoms with E-state index in [1.807, 2.05) is 0 Å². The van der Waals surface area contributed by atoms with Gasteiger partial charge >= 0.3 is 48.1 Å². The molecule has 8 heteroatoms. The van der Waals surface area contributed by atoms with Gasteiger partial charge in [0.2, 0.25) is 0 Å². The van der Waals surface area contributed by atoms with Gasteiger partial charge in [-0.1, -0.05) is 0 Å². The van der Waals surface area contributed by atoms with Crippen molar-refractivity contribution in [1.29, 1.82) is 0 Å². The van der Waals surface area contributed by atoms with Crippen molar-refractivity contribution >= 4 is 11.4 Å². The van der Waals surface area contributed by atoms with Crippen LogP contribution in [-0.4, -0.2) is 23.8 Å². The summed E-state index contributed by atoms with van der Waals surface area (Å²) in [5.74, 6) is 0. The van der Waals surface area contributed by atoms with Gasteiger partial charge in [-0.05, 0) is 0 Å². The molecule has 0 saturated heterocycles. The minimum absolute atomic E-state index is 0. The average molecular weight is 197 g/mol. The maximum Gasteiger partial charge on any atom is 3.00 e. The van der Waals surface area contributed by atoms with Gasteiger partial charge in [0.15, 0.2) is 0 Å². The van der Waals surface area contributed by atoms with Crippen LogP contribution in [0, 0.1) is 0 Å². The largest absolute Gasteiger partial charge is 3.00 e. The van der Waals surface area contributed by atoms with Crippen molar-refractivity contribution in [2.24, 2.45) is 0 Å². The molecule has 0 amide bonds. The van der Waals surface area contributed by atoms with Gasteiger partial charge in [0, 0.05) is 0 Å². The Morgan fingerprint density at radius 2 is 1.38 bits per heavy atom. The van der Waals surface area contributed by atoms with Crippen LogP contribution in [0.25, 0.3) is 0 Å². The van der Waals surface area contributed by atoms with Crippen molar-refractivity contribution in [2.45, 2.75) is 0 Å². The fraction of sp³-hybridized carbons (Fsp3) is 0. The Bertz CT molecular complexity index is 42.6. The topological polar surface area (TPSA) is 98.0 Å². The van der Waals surface area contributed by atoms with E-state index in [0.29, 0.717) is 0 Å². The van der Waals surface area contributed by atoms with E-state index in [1.165, 1.54) is 0 Å². The van der Waals surface area contributed by atoms with Gasteiger partial charge in [-0.25, -0.2) is 0 Å². The summed E-state index contributed by atoms with van der Waals surface area (Å²) in [6.07, 6.45) is 0. The summed E-state index contributed by atoms with van der Waals surface area (Å²) >= 11 is -2.61. The van der Waals surface area contributed by atoms with Crippen LogP contribution in [0.2, 0.25) is 0 Å². The third kappa shape index (κ3) is 140. The molecule has 0 aliphatic heterocycles. The van der Waals surface area contributed by atoms with E-state index >= 15 is 0 Å². The SMILES string of the molecule is O=S(O)O.OO.[Fe+3].[H+].[H-].[Na+]. The van der Waals surface area contributed by atoms with Gasteiger partial charge in [-0.15, -0.1) is 0 Å². The zero-order valence-electron chi connectivity index (χ0n) is 5.96. The third-order valence-electron chi connectivity index (χ3n) is 0. The molecule has 0 saturated carbocycles. The van der Waals surface area contributed by atoms with Crippen LogP contribution >= 0.6 is 0 Å². The quantitative estimate of drug-likeness (QED) is 0.143. The van der Waals surface area contributed by atoms with Gasteiger partial charge in [0.05, 0.1) is 0 Å². The van der Waals surface area contributed by atoms with Crippen molar-refractivity contribution in [3.05, 3.63) is 0 Å². The van der Waals surface area contributed by atoms with Crippen molar-refractivity contribution in [3.8, 4) is 0 Å². The Morgan fingerprint density at radius 1 is 1.38 bits per heavy atom. The molecule has 4 N–H and O–H groups in total. The minimum atomic E-state index is -2.61. The molecule has 0 fully saturated rings. The van der Waals surface area contributed by atoms with E-state index in [1.54, 1.807) is 0 Å². The van der Waals surface area contributed by atoms with Gasteiger partial charge in [-0.2, -0.15) is 4.21 Å². The molecule has 0 bridgehead atoms. The molecule has 47 valence electrons. The molecule has 0 unspecified atom stereocenters. The van der Waals surface area contributed by atoms with Crippen molar-refractivity contribution in [3.63, 3.8) is 0 Å². The van der Waals surface area contributed by atoms with Crippen LogP contribution in [0.5, 0.6) is 0 Å². The fourth-order valence-electron chi connectivity index (χ4n) is 0. The van der Waals surface area contributed by atoms with E-state index in [9.17, 15) is 0 Å². The number of rotatable bonds is 0. The molecule has 0 atom stereocenters. The van der Waals surface area contributed by atoms with Crippen LogP contribution in [0.4, 0.5) is 0 Å². The molecule has 0 aliphatic carbocycles. The van der Waals surface area contributed by atoms with Gasteiger partial charge in [0.1, 0.15) is 0 Å². The zero-order valence-corrected chi connectivity index (χ0v) is 7.88. The van der Waals surface area contributed by atoms with E-state index < -0.39 is 11.4 Å². The standard InChI is InChI=1S/Fe.Na.H2O3S.H2O2.H/c;;1-4(2)3;1-2;/h;;(H2,1,2,3);1-2H;/q+3;+1;;;-1/p+1. The first kappa shape index (κ1) is 22.7. The smallest absolute Gasteiger partial charge is 1.00 e. The second-order valence-corrected chi connectivity index (χ2v) is 0.692. The number of hydrogen-bond acceptors (Lipinski definition) is 3. The Hall–Kier alpha value is 1.51. The summed E-state index contributed by atoms with van der Waals surface area (Å²) in [6.45, 7) is 0. The summed E-state index contributed by atoms with van der Waals surface area (Å²) in [5, 5.41) is 12.0. The minimum Gasteiger partial charge on any atom is -1.00 e. The fourth-order valence-corrected chi connectivity index (χ4v) is 0. The predicted octanol–water partition coefficient (Wildman–Crippen LogP) is -3.07.